The molecule has 1 aromatic carbocycles. The van der Waals surface area contributed by atoms with E-state index in [1.54, 1.807) is 0 Å². The summed E-state index contributed by atoms with van der Waals surface area (Å²) in [5, 5.41) is 4.30. The lowest BCUT2D eigenvalue weighted by atomic mass is 9.97. The van der Waals surface area contributed by atoms with E-state index in [0.717, 1.165) is 45.9 Å². The zero-order valence-electron chi connectivity index (χ0n) is 18.1. The molecular weight excluding hydrogens is 412 g/mol. The van der Waals surface area contributed by atoms with Crippen LogP contribution in [-0.4, -0.2) is 45.8 Å². The van der Waals surface area contributed by atoms with Crippen LogP contribution in [0.25, 0.3) is 17.2 Å². The molecule has 0 radical (unpaired) electrons. The van der Waals surface area contributed by atoms with E-state index in [2.05, 4.69) is 47.2 Å². The number of hydrogen-bond donors (Lipinski definition) is 2. The van der Waals surface area contributed by atoms with Crippen molar-refractivity contribution in [2.75, 3.05) is 32.0 Å². The zero-order valence-corrected chi connectivity index (χ0v) is 19.0. The van der Waals surface area contributed by atoms with Gasteiger partial charge in [0.1, 0.15) is 19.5 Å². The number of rotatable bonds is 7. The molecule has 0 saturated carbocycles. The number of nitrogens with two attached hydrogens (primary N) is 1. The monoisotopic (exact) mass is 440 g/mol. The van der Waals surface area contributed by atoms with E-state index in [0.29, 0.717) is 31.1 Å². The Labute approximate surface area is 186 Å². The SMILES string of the molecule is C=Cc1cc2c(cc1Sc1nc3c(N)ncnc3n1CCNCC(C)(C)C)OCCO2. The molecule has 0 unspecified atom stereocenters. The maximum Gasteiger partial charge on any atom is 0.175 e. The van der Waals surface area contributed by atoms with Gasteiger partial charge in [0, 0.05) is 24.5 Å². The molecule has 9 heteroatoms. The molecule has 1 aliphatic rings. The summed E-state index contributed by atoms with van der Waals surface area (Å²) in [6.45, 7) is 14.1. The van der Waals surface area contributed by atoms with Gasteiger partial charge in [-0.25, -0.2) is 15.0 Å². The van der Waals surface area contributed by atoms with Crippen LogP contribution in [0.3, 0.4) is 0 Å². The van der Waals surface area contributed by atoms with Gasteiger partial charge in [0.05, 0.1) is 0 Å². The van der Waals surface area contributed by atoms with Gasteiger partial charge < -0.3 is 25.1 Å². The van der Waals surface area contributed by atoms with Gasteiger partial charge in [-0.05, 0) is 23.1 Å². The van der Waals surface area contributed by atoms with Crippen LogP contribution in [0.15, 0.2) is 35.1 Å². The molecule has 3 heterocycles. The van der Waals surface area contributed by atoms with Crippen molar-refractivity contribution in [3.63, 3.8) is 0 Å². The molecule has 0 atom stereocenters. The molecule has 0 spiro atoms. The van der Waals surface area contributed by atoms with E-state index in [1.165, 1.54) is 18.1 Å². The fourth-order valence-electron chi connectivity index (χ4n) is 3.30. The molecule has 0 amide bonds. The number of nitrogen functional groups attached to an aromatic ring is 1. The van der Waals surface area contributed by atoms with Crippen LogP contribution in [0.2, 0.25) is 0 Å². The summed E-state index contributed by atoms with van der Waals surface area (Å²) in [6.07, 6.45) is 3.29. The average molecular weight is 441 g/mol. The van der Waals surface area contributed by atoms with Gasteiger partial charge >= 0.3 is 0 Å². The maximum absolute atomic E-state index is 6.09. The molecular formula is C22H28N6O2S. The third-order valence-electron chi connectivity index (χ3n) is 4.79. The van der Waals surface area contributed by atoms with Crippen molar-refractivity contribution in [1.29, 1.82) is 0 Å². The highest BCUT2D eigenvalue weighted by Gasteiger charge is 2.20. The standard InChI is InChI=1S/C22H28N6O2S/c1-5-14-10-15-16(30-9-8-29-15)11-17(14)31-21-27-18-19(23)25-13-26-20(18)28(21)7-6-24-12-22(2,3)4/h5,10-11,13,24H,1,6-9,12H2,2-4H3,(H2,23,25,26). The highest BCUT2D eigenvalue weighted by Crippen LogP contribution is 2.40. The summed E-state index contributed by atoms with van der Waals surface area (Å²) in [5.74, 6) is 1.84. The number of nitrogens with zero attached hydrogens (tertiary/aromatic N) is 4. The van der Waals surface area contributed by atoms with Crippen LogP contribution >= 0.6 is 11.8 Å². The van der Waals surface area contributed by atoms with E-state index >= 15 is 0 Å². The minimum absolute atomic E-state index is 0.214. The Morgan fingerprint density at radius 2 is 1.97 bits per heavy atom. The number of benzene rings is 1. The lowest BCUT2D eigenvalue weighted by Crippen LogP contribution is -2.29. The van der Waals surface area contributed by atoms with Crippen molar-refractivity contribution in [2.24, 2.45) is 5.41 Å². The van der Waals surface area contributed by atoms with Crippen LogP contribution in [0, 0.1) is 5.41 Å². The fourth-order valence-corrected chi connectivity index (χ4v) is 4.35. The number of ether oxygens (including phenoxy) is 2. The van der Waals surface area contributed by atoms with Crippen molar-refractivity contribution in [3.05, 3.63) is 30.6 Å². The van der Waals surface area contributed by atoms with Crippen molar-refractivity contribution in [1.82, 2.24) is 24.8 Å². The normalized spacial score (nSPS) is 13.5. The zero-order chi connectivity index (χ0) is 22.0. The summed E-state index contributed by atoms with van der Waals surface area (Å²) in [7, 11) is 0. The smallest absolute Gasteiger partial charge is 0.175 e. The van der Waals surface area contributed by atoms with Gasteiger partial charge in [0.15, 0.2) is 33.6 Å². The average Bonchev–Trinajstić information content (AvgIpc) is 3.08. The maximum atomic E-state index is 6.09. The first kappa shape index (κ1) is 21.5. The van der Waals surface area contributed by atoms with Crippen LogP contribution < -0.4 is 20.5 Å². The molecule has 3 N–H and O–H groups in total. The second-order valence-corrected chi connectivity index (χ2v) is 9.56. The minimum atomic E-state index is 0.214. The van der Waals surface area contributed by atoms with Crippen LogP contribution in [0.5, 0.6) is 11.5 Å². The summed E-state index contributed by atoms with van der Waals surface area (Å²) in [6, 6.07) is 3.93. The first-order valence-electron chi connectivity index (χ1n) is 10.3. The van der Waals surface area contributed by atoms with E-state index in [1.807, 2.05) is 18.2 Å². The number of nitrogens with one attached hydrogen (secondary N) is 1. The first-order valence-corrected chi connectivity index (χ1v) is 11.1. The summed E-state index contributed by atoms with van der Waals surface area (Å²) in [4.78, 5) is 14.3. The van der Waals surface area contributed by atoms with E-state index < -0.39 is 0 Å². The number of anilines is 1. The van der Waals surface area contributed by atoms with Gasteiger partial charge in [-0.3, -0.25) is 0 Å². The third-order valence-corrected chi connectivity index (χ3v) is 5.86. The molecule has 0 fully saturated rings. The Morgan fingerprint density at radius 1 is 1.23 bits per heavy atom. The Balaban J connectivity index is 1.67. The molecule has 0 saturated heterocycles. The summed E-state index contributed by atoms with van der Waals surface area (Å²) in [5.41, 5.74) is 8.59. The van der Waals surface area contributed by atoms with E-state index in [9.17, 15) is 0 Å². The lowest BCUT2D eigenvalue weighted by Gasteiger charge is -2.20. The Hall–Kier alpha value is -2.78. The van der Waals surface area contributed by atoms with Crippen LogP contribution in [0.1, 0.15) is 26.3 Å². The van der Waals surface area contributed by atoms with Crippen molar-refractivity contribution in [3.8, 4) is 11.5 Å². The second-order valence-electron chi connectivity index (χ2n) is 8.55. The van der Waals surface area contributed by atoms with Gasteiger partial charge in [0.2, 0.25) is 0 Å². The summed E-state index contributed by atoms with van der Waals surface area (Å²) >= 11 is 1.53. The van der Waals surface area contributed by atoms with Crippen LogP contribution in [-0.2, 0) is 6.54 Å². The molecule has 4 rings (SSSR count). The predicted octanol–water partition coefficient (Wildman–Crippen LogP) is 3.61. The lowest BCUT2D eigenvalue weighted by molar-refractivity contribution is 0.171. The van der Waals surface area contributed by atoms with Gasteiger partial charge in [-0.1, -0.05) is 45.2 Å². The molecule has 1 aliphatic heterocycles. The minimum Gasteiger partial charge on any atom is -0.486 e. The topological polar surface area (TPSA) is 100 Å². The number of fused-ring (bicyclic) bond motifs is 2. The highest BCUT2D eigenvalue weighted by molar-refractivity contribution is 7.99. The first-order chi connectivity index (χ1) is 14.9. The quantitative estimate of drug-likeness (QED) is 0.538. The molecule has 8 nitrogen and oxygen atoms in total. The van der Waals surface area contributed by atoms with Crippen molar-refractivity contribution in [2.45, 2.75) is 37.4 Å². The fraction of sp³-hybridized carbons (Fsp3) is 0.409. The molecule has 0 bridgehead atoms. The predicted molar refractivity (Wildman–Crippen MR) is 124 cm³/mol. The van der Waals surface area contributed by atoms with Gasteiger partial charge in [-0.2, -0.15) is 0 Å². The van der Waals surface area contributed by atoms with Crippen molar-refractivity contribution < 1.29 is 9.47 Å². The van der Waals surface area contributed by atoms with Gasteiger partial charge in [-0.15, -0.1) is 0 Å². The Bertz CT molecular complexity index is 1110. The van der Waals surface area contributed by atoms with E-state index in [4.69, 9.17) is 20.2 Å². The molecule has 31 heavy (non-hydrogen) atoms. The highest BCUT2D eigenvalue weighted by atomic mass is 32.2. The van der Waals surface area contributed by atoms with Gasteiger partial charge in [0.25, 0.3) is 0 Å². The largest absolute Gasteiger partial charge is 0.486 e. The second kappa shape index (κ2) is 8.76. The van der Waals surface area contributed by atoms with Crippen molar-refractivity contribution >= 4 is 34.8 Å². The third kappa shape index (κ3) is 4.77. The molecule has 2 aromatic heterocycles. The number of aromatic nitrogens is 4. The Kier molecular flexibility index (Phi) is 6.06. The Morgan fingerprint density at radius 3 is 2.68 bits per heavy atom. The number of hydrogen-bond acceptors (Lipinski definition) is 8. The molecule has 164 valence electrons. The van der Waals surface area contributed by atoms with Crippen LogP contribution in [0.4, 0.5) is 5.82 Å². The van der Waals surface area contributed by atoms with E-state index in [-0.39, 0.29) is 5.41 Å². The number of imidazole rings is 1. The molecule has 3 aromatic rings. The summed E-state index contributed by atoms with van der Waals surface area (Å²) < 4.78 is 13.6. The molecule has 0 aliphatic carbocycles.